The standard InChI is InChI=1S/C25H19BrF3N3O3/c1-3-35-22-13-19(26)16(12-21(22)34-2)14-30-32-23(15-7-6-8-17(11-15)25(27,28)29)31-20-10-5-4-9-18(20)24(32)33/h4-14H,3H2,1-2H3. The fourth-order valence-electron chi connectivity index (χ4n) is 3.45. The molecule has 0 spiro atoms. The summed E-state index contributed by atoms with van der Waals surface area (Å²) in [6, 6.07) is 14.6. The number of fused-ring (bicyclic) bond motifs is 1. The number of hydrogen-bond acceptors (Lipinski definition) is 5. The van der Waals surface area contributed by atoms with Crippen LogP contribution in [0.25, 0.3) is 22.3 Å². The van der Waals surface area contributed by atoms with E-state index in [4.69, 9.17) is 9.47 Å². The minimum absolute atomic E-state index is 0.0231. The Morgan fingerprint density at radius 1 is 1.09 bits per heavy atom. The molecule has 3 aromatic carbocycles. The molecule has 0 atom stereocenters. The van der Waals surface area contributed by atoms with E-state index >= 15 is 0 Å². The lowest BCUT2D eigenvalue weighted by molar-refractivity contribution is -0.137. The van der Waals surface area contributed by atoms with Gasteiger partial charge >= 0.3 is 6.18 Å². The van der Waals surface area contributed by atoms with Crippen molar-refractivity contribution in [1.82, 2.24) is 9.66 Å². The summed E-state index contributed by atoms with van der Waals surface area (Å²) in [4.78, 5) is 17.8. The van der Waals surface area contributed by atoms with Crippen LogP contribution in [0.15, 0.2) is 75.0 Å². The SMILES string of the molecule is CCOc1cc(Br)c(C=Nn2c(-c3cccc(C(F)(F)F)c3)nc3ccccc3c2=O)cc1OC. The van der Waals surface area contributed by atoms with Crippen LogP contribution >= 0.6 is 15.9 Å². The van der Waals surface area contributed by atoms with Crippen molar-refractivity contribution in [3.63, 3.8) is 0 Å². The number of benzene rings is 3. The molecule has 0 amide bonds. The molecule has 0 radical (unpaired) electrons. The first-order chi connectivity index (χ1) is 16.7. The molecule has 0 fully saturated rings. The maximum atomic E-state index is 13.3. The van der Waals surface area contributed by atoms with Gasteiger partial charge in [0.15, 0.2) is 17.3 Å². The largest absolute Gasteiger partial charge is 0.493 e. The van der Waals surface area contributed by atoms with E-state index in [1.165, 1.54) is 25.5 Å². The van der Waals surface area contributed by atoms with Crippen LogP contribution in [0.1, 0.15) is 18.1 Å². The average molecular weight is 546 g/mol. The Bertz CT molecular complexity index is 1480. The highest BCUT2D eigenvalue weighted by molar-refractivity contribution is 9.10. The zero-order valence-corrected chi connectivity index (χ0v) is 20.2. The quantitative estimate of drug-likeness (QED) is 0.273. The fraction of sp³-hybridized carbons (Fsp3) is 0.160. The Balaban J connectivity index is 1.91. The monoisotopic (exact) mass is 545 g/mol. The molecular weight excluding hydrogens is 527 g/mol. The number of halogens is 4. The number of para-hydroxylation sites is 1. The molecule has 0 N–H and O–H groups in total. The first-order valence-electron chi connectivity index (χ1n) is 10.5. The Hall–Kier alpha value is -3.66. The molecule has 4 rings (SSSR count). The second-order valence-corrected chi connectivity index (χ2v) is 8.20. The number of nitrogens with zero attached hydrogens (tertiary/aromatic N) is 3. The third-order valence-electron chi connectivity index (χ3n) is 5.10. The molecule has 1 heterocycles. The predicted octanol–water partition coefficient (Wildman–Crippen LogP) is 6.13. The summed E-state index contributed by atoms with van der Waals surface area (Å²) in [5, 5.41) is 4.60. The van der Waals surface area contributed by atoms with Crippen molar-refractivity contribution in [2.24, 2.45) is 5.10 Å². The Morgan fingerprint density at radius 3 is 2.57 bits per heavy atom. The van der Waals surface area contributed by atoms with Crippen LogP contribution < -0.4 is 15.0 Å². The minimum atomic E-state index is -4.55. The molecule has 0 aliphatic heterocycles. The van der Waals surface area contributed by atoms with E-state index in [0.29, 0.717) is 33.7 Å². The van der Waals surface area contributed by atoms with Crippen molar-refractivity contribution < 1.29 is 22.6 Å². The number of alkyl halides is 3. The zero-order valence-electron chi connectivity index (χ0n) is 18.6. The van der Waals surface area contributed by atoms with Crippen LogP contribution in [-0.4, -0.2) is 29.6 Å². The average Bonchev–Trinajstić information content (AvgIpc) is 2.84. The molecule has 0 unspecified atom stereocenters. The van der Waals surface area contributed by atoms with E-state index in [2.05, 4.69) is 26.0 Å². The van der Waals surface area contributed by atoms with Gasteiger partial charge in [0.2, 0.25) is 0 Å². The van der Waals surface area contributed by atoms with Gasteiger partial charge in [-0.3, -0.25) is 4.79 Å². The number of rotatable bonds is 6. The van der Waals surface area contributed by atoms with Crippen LogP contribution in [0, 0.1) is 0 Å². The van der Waals surface area contributed by atoms with Crippen molar-refractivity contribution in [2.45, 2.75) is 13.1 Å². The van der Waals surface area contributed by atoms with E-state index in [1.54, 1.807) is 36.4 Å². The smallest absolute Gasteiger partial charge is 0.416 e. The Labute approximate surface area is 206 Å². The highest BCUT2D eigenvalue weighted by Gasteiger charge is 2.31. The van der Waals surface area contributed by atoms with Gasteiger partial charge in [-0.15, -0.1) is 0 Å². The van der Waals surface area contributed by atoms with Gasteiger partial charge < -0.3 is 9.47 Å². The summed E-state index contributed by atoms with van der Waals surface area (Å²) in [5.41, 5.74) is -0.371. The second-order valence-electron chi connectivity index (χ2n) is 7.35. The topological polar surface area (TPSA) is 65.7 Å². The van der Waals surface area contributed by atoms with Gasteiger partial charge in [0.1, 0.15) is 0 Å². The van der Waals surface area contributed by atoms with Crippen molar-refractivity contribution in [1.29, 1.82) is 0 Å². The fourth-order valence-corrected chi connectivity index (χ4v) is 3.87. The summed E-state index contributed by atoms with van der Waals surface area (Å²) in [5.74, 6) is 0.955. The van der Waals surface area contributed by atoms with Crippen LogP contribution in [0.5, 0.6) is 11.5 Å². The molecule has 0 saturated heterocycles. The molecule has 0 bridgehead atoms. The van der Waals surface area contributed by atoms with Gasteiger partial charge in [0.25, 0.3) is 5.56 Å². The van der Waals surface area contributed by atoms with Gasteiger partial charge in [-0.2, -0.15) is 22.9 Å². The molecule has 35 heavy (non-hydrogen) atoms. The maximum absolute atomic E-state index is 13.3. The first-order valence-corrected chi connectivity index (χ1v) is 11.3. The molecule has 6 nitrogen and oxygen atoms in total. The van der Waals surface area contributed by atoms with E-state index in [1.807, 2.05) is 6.92 Å². The molecular formula is C25H19BrF3N3O3. The van der Waals surface area contributed by atoms with Crippen LogP contribution in [0.3, 0.4) is 0 Å². The first kappa shape index (κ1) is 24.5. The lowest BCUT2D eigenvalue weighted by atomic mass is 10.1. The van der Waals surface area contributed by atoms with Gasteiger partial charge in [0.05, 0.1) is 36.4 Å². The lowest BCUT2D eigenvalue weighted by Crippen LogP contribution is -2.20. The van der Waals surface area contributed by atoms with Gasteiger partial charge in [-0.25, -0.2) is 4.98 Å². The normalized spacial score (nSPS) is 11.8. The second kappa shape index (κ2) is 9.91. The van der Waals surface area contributed by atoms with E-state index < -0.39 is 17.3 Å². The summed E-state index contributed by atoms with van der Waals surface area (Å²) in [6.45, 7) is 2.28. The Morgan fingerprint density at radius 2 is 1.86 bits per heavy atom. The molecule has 0 saturated carbocycles. The van der Waals surface area contributed by atoms with Gasteiger partial charge in [-0.05, 0) is 59.3 Å². The molecule has 4 aromatic rings. The maximum Gasteiger partial charge on any atom is 0.416 e. The third-order valence-corrected chi connectivity index (χ3v) is 5.78. The number of hydrogen-bond donors (Lipinski definition) is 0. The van der Waals surface area contributed by atoms with Crippen LogP contribution in [0.4, 0.5) is 13.2 Å². The number of aromatic nitrogens is 2. The molecule has 0 aliphatic carbocycles. The van der Waals surface area contributed by atoms with Crippen molar-refractivity contribution in [2.75, 3.05) is 13.7 Å². The number of methoxy groups -OCH3 is 1. The minimum Gasteiger partial charge on any atom is -0.493 e. The molecule has 1 aromatic heterocycles. The Kier molecular flexibility index (Phi) is 6.93. The van der Waals surface area contributed by atoms with Crippen molar-refractivity contribution in [3.05, 3.63) is 86.6 Å². The predicted molar refractivity (Wildman–Crippen MR) is 131 cm³/mol. The lowest BCUT2D eigenvalue weighted by Gasteiger charge is -2.13. The summed E-state index contributed by atoms with van der Waals surface area (Å²) >= 11 is 3.45. The molecule has 0 aliphatic rings. The highest BCUT2D eigenvalue weighted by atomic mass is 79.9. The summed E-state index contributed by atoms with van der Waals surface area (Å²) in [6.07, 6.45) is -3.15. The van der Waals surface area contributed by atoms with E-state index in [9.17, 15) is 18.0 Å². The van der Waals surface area contributed by atoms with Gasteiger partial charge in [-0.1, -0.05) is 24.3 Å². The molecule has 10 heteroatoms. The van der Waals surface area contributed by atoms with Crippen molar-refractivity contribution in [3.8, 4) is 22.9 Å². The van der Waals surface area contributed by atoms with Gasteiger partial charge in [0, 0.05) is 15.6 Å². The highest BCUT2D eigenvalue weighted by Crippen LogP contribution is 2.34. The summed E-state index contributed by atoms with van der Waals surface area (Å²) < 4.78 is 52.6. The van der Waals surface area contributed by atoms with Crippen LogP contribution in [-0.2, 0) is 6.18 Å². The zero-order chi connectivity index (χ0) is 25.2. The third kappa shape index (κ3) is 5.07. The summed E-state index contributed by atoms with van der Waals surface area (Å²) in [7, 11) is 1.50. The van der Waals surface area contributed by atoms with E-state index in [-0.39, 0.29) is 16.8 Å². The number of ether oxygens (including phenoxy) is 2. The van der Waals surface area contributed by atoms with Crippen molar-refractivity contribution >= 4 is 33.0 Å². The van der Waals surface area contributed by atoms with E-state index in [0.717, 1.165) is 16.8 Å². The van der Waals surface area contributed by atoms with Crippen LogP contribution in [0.2, 0.25) is 0 Å². The molecule has 180 valence electrons.